The molecular formula is C18H23N3O. The first-order chi connectivity index (χ1) is 10.5. The highest BCUT2D eigenvalue weighted by molar-refractivity contribution is 5.94. The first-order valence-electron chi connectivity index (χ1n) is 7.45. The third-order valence-electron chi connectivity index (χ3n) is 3.72. The van der Waals surface area contributed by atoms with Crippen LogP contribution in [-0.4, -0.2) is 10.4 Å². The molecule has 2 rings (SSSR count). The number of nitrogens with one attached hydrogen (secondary N) is 1. The summed E-state index contributed by atoms with van der Waals surface area (Å²) in [5, 5.41) is 9.44. The van der Waals surface area contributed by atoms with Crippen molar-refractivity contribution >= 4 is 18.5 Å². The zero-order chi connectivity index (χ0) is 16.1. The summed E-state index contributed by atoms with van der Waals surface area (Å²) in [6.45, 7) is 9.02. The fourth-order valence-electron chi connectivity index (χ4n) is 2.12. The Morgan fingerprint density at radius 3 is 2.95 bits per heavy atom. The van der Waals surface area contributed by atoms with Gasteiger partial charge in [0.15, 0.2) is 0 Å². The van der Waals surface area contributed by atoms with E-state index in [-0.39, 0.29) is 5.84 Å². The standard InChI is InChI=1S/C18H23N3O/c1-4-13(2)6-5-7-17-14(3)8-9-21(17)11-16-10-15(12-22-16)18(19)20/h5-10,12-13H,3-4,11H2,1-2H3,(H3,19,20)/b6-5-,17-7+. The van der Waals surface area contributed by atoms with Crippen LogP contribution in [0.4, 0.5) is 0 Å². The van der Waals surface area contributed by atoms with Crippen molar-refractivity contribution in [3.8, 4) is 0 Å². The van der Waals surface area contributed by atoms with E-state index in [1.54, 1.807) is 6.07 Å². The van der Waals surface area contributed by atoms with Gasteiger partial charge in [0.1, 0.15) is 17.9 Å². The van der Waals surface area contributed by atoms with Crippen LogP contribution in [0.5, 0.6) is 0 Å². The zero-order valence-electron chi connectivity index (χ0n) is 13.2. The molecule has 0 fully saturated rings. The second-order valence-corrected chi connectivity index (χ2v) is 5.51. The summed E-state index contributed by atoms with van der Waals surface area (Å²) in [7, 11) is 0. The SMILES string of the molecule is C=c1ccn(Cc2cc(C(=N)N)co2)/c1=C/C=C\C(C)CC. The number of amidine groups is 1. The number of nitrogens with two attached hydrogens (primary N) is 1. The number of hydrogen-bond donors (Lipinski definition) is 2. The lowest BCUT2D eigenvalue weighted by Gasteiger charge is -2.01. The lowest BCUT2D eigenvalue weighted by molar-refractivity contribution is 0.491. The average Bonchev–Trinajstić information content (AvgIpc) is 3.08. The van der Waals surface area contributed by atoms with Gasteiger partial charge >= 0.3 is 0 Å². The molecule has 4 nitrogen and oxygen atoms in total. The third-order valence-corrected chi connectivity index (χ3v) is 3.72. The van der Waals surface area contributed by atoms with Crippen LogP contribution in [0.3, 0.4) is 0 Å². The summed E-state index contributed by atoms with van der Waals surface area (Å²) in [5.41, 5.74) is 6.06. The monoisotopic (exact) mass is 297 g/mol. The van der Waals surface area contributed by atoms with Crippen molar-refractivity contribution in [2.75, 3.05) is 0 Å². The van der Waals surface area contributed by atoms with Gasteiger partial charge in [-0.15, -0.1) is 0 Å². The normalized spacial score (nSPS) is 13.8. The Labute approximate surface area is 130 Å². The van der Waals surface area contributed by atoms with Crippen molar-refractivity contribution in [2.24, 2.45) is 11.7 Å². The number of aromatic nitrogens is 1. The van der Waals surface area contributed by atoms with Crippen LogP contribution in [0.2, 0.25) is 0 Å². The molecule has 0 saturated heterocycles. The van der Waals surface area contributed by atoms with Crippen molar-refractivity contribution in [2.45, 2.75) is 26.8 Å². The molecule has 0 aliphatic heterocycles. The zero-order valence-corrected chi connectivity index (χ0v) is 13.2. The van der Waals surface area contributed by atoms with E-state index in [4.69, 9.17) is 15.6 Å². The number of rotatable bonds is 6. The van der Waals surface area contributed by atoms with Crippen molar-refractivity contribution in [1.82, 2.24) is 4.57 Å². The molecule has 0 spiro atoms. The molecule has 2 aromatic heterocycles. The number of hydrogen-bond acceptors (Lipinski definition) is 2. The molecule has 0 aliphatic carbocycles. The average molecular weight is 297 g/mol. The van der Waals surface area contributed by atoms with Gasteiger partial charge in [0.2, 0.25) is 0 Å². The molecule has 0 bridgehead atoms. The lowest BCUT2D eigenvalue weighted by Crippen LogP contribution is -2.27. The highest BCUT2D eigenvalue weighted by Gasteiger charge is 2.05. The predicted octanol–water partition coefficient (Wildman–Crippen LogP) is 2.21. The van der Waals surface area contributed by atoms with E-state index in [0.29, 0.717) is 18.0 Å². The first-order valence-corrected chi connectivity index (χ1v) is 7.45. The minimum atomic E-state index is 0.0172. The summed E-state index contributed by atoms with van der Waals surface area (Å²) in [6, 6.07) is 3.78. The van der Waals surface area contributed by atoms with E-state index in [0.717, 1.165) is 22.7 Å². The maximum Gasteiger partial charge on any atom is 0.126 e. The lowest BCUT2D eigenvalue weighted by atomic mass is 10.1. The Bertz CT molecular complexity index is 780. The second-order valence-electron chi connectivity index (χ2n) is 5.51. The Kier molecular flexibility index (Phi) is 5.04. The van der Waals surface area contributed by atoms with E-state index in [1.165, 1.54) is 6.26 Å². The molecule has 0 radical (unpaired) electrons. The molecule has 2 heterocycles. The van der Waals surface area contributed by atoms with Crippen molar-refractivity contribution < 1.29 is 4.42 Å². The molecule has 1 unspecified atom stereocenters. The van der Waals surface area contributed by atoms with Crippen LogP contribution in [0.25, 0.3) is 12.7 Å². The largest absolute Gasteiger partial charge is 0.467 e. The molecule has 3 N–H and O–H groups in total. The number of furan rings is 1. The van der Waals surface area contributed by atoms with Gasteiger partial charge in [-0.25, -0.2) is 0 Å². The van der Waals surface area contributed by atoms with Gasteiger partial charge in [0, 0.05) is 11.5 Å². The van der Waals surface area contributed by atoms with Crippen LogP contribution in [-0.2, 0) is 6.54 Å². The highest BCUT2D eigenvalue weighted by atomic mass is 16.3. The van der Waals surface area contributed by atoms with Crippen LogP contribution in [0.1, 0.15) is 31.6 Å². The van der Waals surface area contributed by atoms with Crippen LogP contribution in [0, 0.1) is 11.3 Å². The summed E-state index contributed by atoms with van der Waals surface area (Å²) in [4.78, 5) is 0. The van der Waals surface area contributed by atoms with Crippen LogP contribution < -0.4 is 16.3 Å². The summed E-state index contributed by atoms with van der Waals surface area (Å²) >= 11 is 0. The molecule has 4 heteroatoms. The molecule has 0 aliphatic rings. The molecule has 22 heavy (non-hydrogen) atoms. The Morgan fingerprint density at radius 2 is 2.32 bits per heavy atom. The van der Waals surface area contributed by atoms with Gasteiger partial charge in [-0.2, -0.15) is 0 Å². The van der Waals surface area contributed by atoms with Crippen molar-refractivity contribution in [3.05, 3.63) is 58.6 Å². The number of nitrogens with zero attached hydrogens (tertiary/aromatic N) is 1. The van der Waals surface area contributed by atoms with Crippen molar-refractivity contribution in [3.63, 3.8) is 0 Å². The first kappa shape index (κ1) is 15.9. The quantitative estimate of drug-likeness (QED) is 0.634. The maximum atomic E-state index is 7.41. The minimum absolute atomic E-state index is 0.0172. The molecule has 116 valence electrons. The molecule has 0 saturated carbocycles. The van der Waals surface area contributed by atoms with Gasteiger partial charge < -0.3 is 14.7 Å². The minimum Gasteiger partial charge on any atom is -0.467 e. The number of nitrogen functional groups attached to an aromatic ring is 1. The Balaban J connectivity index is 2.25. The second kappa shape index (κ2) is 6.98. The van der Waals surface area contributed by atoms with Crippen molar-refractivity contribution in [1.29, 1.82) is 5.41 Å². The van der Waals surface area contributed by atoms with E-state index < -0.39 is 0 Å². The Hall–Kier alpha value is -2.49. The fraction of sp³-hybridized carbons (Fsp3) is 0.278. The van der Waals surface area contributed by atoms with Crippen LogP contribution in [0.15, 0.2) is 41.2 Å². The van der Waals surface area contributed by atoms with Crippen LogP contribution >= 0.6 is 0 Å². The van der Waals surface area contributed by atoms with E-state index in [1.807, 2.05) is 12.3 Å². The highest BCUT2D eigenvalue weighted by Crippen LogP contribution is 2.08. The van der Waals surface area contributed by atoms with Gasteiger partial charge in [0.05, 0.1) is 12.1 Å². The third kappa shape index (κ3) is 3.79. The maximum absolute atomic E-state index is 7.41. The topological polar surface area (TPSA) is 67.9 Å². The van der Waals surface area contributed by atoms with Gasteiger partial charge in [-0.1, -0.05) is 39.0 Å². The Morgan fingerprint density at radius 1 is 1.55 bits per heavy atom. The van der Waals surface area contributed by atoms with E-state index in [9.17, 15) is 0 Å². The van der Waals surface area contributed by atoms with Gasteiger partial charge in [0.25, 0.3) is 0 Å². The van der Waals surface area contributed by atoms with E-state index in [2.05, 4.69) is 43.2 Å². The summed E-state index contributed by atoms with van der Waals surface area (Å²) in [5.74, 6) is 1.35. The smallest absolute Gasteiger partial charge is 0.126 e. The fourth-order valence-corrected chi connectivity index (χ4v) is 2.12. The summed E-state index contributed by atoms with van der Waals surface area (Å²) < 4.78 is 7.54. The predicted molar refractivity (Wildman–Crippen MR) is 91.1 cm³/mol. The van der Waals surface area contributed by atoms with Gasteiger partial charge in [-0.05, 0) is 29.3 Å². The molecule has 0 amide bonds. The van der Waals surface area contributed by atoms with Gasteiger partial charge in [-0.3, -0.25) is 5.41 Å². The molecule has 1 atom stereocenters. The molecule has 0 aromatic carbocycles. The summed E-state index contributed by atoms with van der Waals surface area (Å²) in [6.07, 6.45) is 11.0. The number of allylic oxidation sites excluding steroid dienone is 2. The molecule has 2 aromatic rings. The van der Waals surface area contributed by atoms with E-state index >= 15 is 0 Å². The molecular weight excluding hydrogens is 274 g/mol.